The maximum Gasteiger partial charge on any atom is 0.227 e. The lowest BCUT2D eigenvalue weighted by atomic mass is 9.80. The molecule has 0 radical (unpaired) electrons. The van der Waals surface area contributed by atoms with E-state index in [1.807, 2.05) is 20.8 Å². The van der Waals surface area contributed by atoms with Gasteiger partial charge in [-0.05, 0) is 26.2 Å². The van der Waals surface area contributed by atoms with Crippen molar-refractivity contribution in [2.75, 3.05) is 19.8 Å². The summed E-state index contributed by atoms with van der Waals surface area (Å²) in [7, 11) is 0. The molecule has 0 bridgehead atoms. The van der Waals surface area contributed by atoms with E-state index in [9.17, 15) is 4.79 Å². The highest BCUT2D eigenvalue weighted by Crippen LogP contribution is 2.27. The third kappa shape index (κ3) is 2.55. The van der Waals surface area contributed by atoms with Crippen LogP contribution in [0, 0.1) is 5.41 Å². The molecular weight excluding hydrogens is 204 g/mol. The van der Waals surface area contributed by atoms with Gasteiger partial charge in [-0.3, -0.25) is 4.79 Å². The Morgan fingerprint density at radius 3 is 2.50 bits per heavy atom. The van der Waals surface area contributed by atoms with Crippen LogP contribution in [0.3, 0.4) is 0 Å². The molecule has 4 heteroatoms. The summed E-state index contributed by atoms with van der Waals surface area (Å²) in [6.07, 6.45) is 2.44. The van der Waals surface area contributed by atoms with E-state index in [-0.39, 0.29) is 11.4 Å². The second-order valence-electron chi connectivity index (χ2n) is 5.01. The molecule has 1 aliphatic rings. The van der Waals surface area contributed by atoms with E-state index in [4.69, 9.17) is 10.5 Å². The number of amides is 1. The Morgan fingerprint density at radius 2 is 2.12 bits per heavy atom. The summed E-state index contributed by atoms with van der Waals surface area (Å²) in [6, 6.07) is 0. The first kappa shape index (κ1) is 13.5. The molecule has 0 aromatic carbocycles. The minimum Gasteiger partial charge on any atom is -0.379 e. The lowest BCUT2D eigenvalue weighted by Gasteiger charge is -2.33. The molecule has 16 heavy (non-hydrogen) atoms. The Kier molecular flexibility index (Phi) is 4.33. The minimum atomic E-state index is -0.411. The van der Waals surface area contributed by atoms with Crippen LogP contribution in [0.5, 0.6) is 0 Å². The van der Waals surface area contributed by atoms with Crippen LogP contribution >= 0.6 is 0 Å². The first-order chi connectivity index (χ1) is 7.52. The number of rotatable bonds is 5. The summed E-state index contributed by atoms with van der Waals surface area (Å²) in [5.74, 6) is 0.0769. The number of nitrogens with one attached hydrogen (secondary N) is 1. The van der Waals surface area contributed by atoms with E-state index < -0.39 is 5.41 Å². The fourth-order valence-corrected chi connectivity index (χ4v) is 2.12. The molecule has 1 saturated heterocycles. The van der Waals surface area contributed by atoms with Gasteiger partial charge in [-0.25, -0.2) is 0 Å². The van der Waals surface area contributed by atoms with Crippen LogP contribution < -0.4 is 11.1 Å². The Labute approximate surface area is 97.9 Å². The quantitative estimate of drug-likeness (QED) is 0.739. The molecule has 1 heterocycles. The third-order valence-electron chi connectivity index (χ3n) is 3.86. The van der Waals surface area contributed by atoms with Gasteiger partial charge in [0.05, 0.1) is 17.6 Å². The number of hydrogen-bond donors (Lipinski definition) is 2. The molecule has 1 fully saturated rings. The minimum absolute atomic E-state index is 0.0769. The molecule has 1 amide bonds. The average molecular weight is 228 g/mol. The molecule has 1 unspecified atom stereocenters. The summed E-state index contributed by atoms with van der Waals surface area (Å²) in [5.41, 5.74) is 5.14. The topological polar surface area (TPSA) is 64.4 Å². The predicted molar refractivity (Wildman–Crippen MR) is 64.1 cm³/mol. The van der Waals surface area contributed by atoms with E-state index in [1.54, 1.807) is 0 Å². The van der Waals surface area contributed by atoms with Crippen LogP contribution in [-0.4, -0.2) is 31.2 Å². The van der Waals surface area contributed by atoms with Crippen molar-refractivity contribution in [1.82, 2.24) is 5.32 Å². The smallest absolute Gasteiger partial charge is 0.227 e. The molecule has 94 valence electrons. The standard InChI is InChI=1S/C12H24N2O2/c1-4-12(5-2,8-13)10(15)14-11(3)6-7-16-9-11/h4-9,13H2,1-3H3,(H,14,15). The van der Waals surface area contributed by atoms with E-state index in [1.165, 1.54) is 0 Å². The molecule has 1 aliphatic heterocycles. The van der Waals surface area contributed by atoms with Gasteiger partial charge in [0.25, 0.3) is 0 Å². The van der Waals surface area contributed by atoms with Gasteiger partial charge in [0, 0.05) is 13.2 Å². The van der Waals surface area contributed by atoms with Gasteiger partial charge < -0.3 is 15.8 Å². The van der Waals surface area contributed by atoms with Gasteiger partial charge in [0.1, 0.15) is 0 Å². The Hall–Kier alpha value is -0.610. The van der Waals surface area contributed by atoms with Crippen LogP contribution in [0.25, 0.3) is 0 Å². The van der Waals surface area contributed by atoms with E-state index in [0.29, 0.717) is 13.2 Å². The fraction of sp³-hybridized carbons (Fsp3) is 0.917. The largest absolute Gasteiger partial charge is 0.379 e. The van der Waals surface area contributed by atoms with Crippen LogP contribution in [-0.2, 0) is 9.53 Å². The summed E-state index contributed by atoms with van der Waals surface area (Å²) in [5, 5.41) is 3.11. The SMILES string of the molecule is CCC(CC)(CN)C(=O)NC1(C)CCOC1. The zero-order chi connectivity index (χ0) is 12.2. The van der Waals surface area contributed by atoms with Crippen molar-refractivity contribution in [2.45, 2.75) is 45.6 Å². The van der Waals surface area contributed by atoms with E-state index >= 15 is 0 Å². The first-order valence-electron chi connectivity index (χ1n) is 6.12. The highest BCUT2D eigenvalue weighted by atomic mass is 16.5. The number of nitrogens with two attached hydrogens (primary N) is 1. The zero-order valence-electron chi connectivity index (χ0n) is 10.6. The second kappa shape index (κ2) is 5.15. The first-order valence-corrected chi connectivity index (χ1v) is 6.12. The molecule has 0 aromatic rings. The van der Waals surface area contributed by atoms with Crippen molar-refractivity contribution in [1.29, 1.82) is 0 Å². The fourth-order valence-electron chi connectivity index (χ4n) is 2.12. The van der Waals surface area contributed by atoms with Crippen LogP contribution in [0.2, 0.25) is 0 Å². The number of carbonyl (C=O) groups is 1. The molecule has 4 nitrogen and oxygen atoms in total. The van der Waals surface area contributed by atoms with Gasteiger partial charge in [-0.2, -0.15) is 0 Å². The molecule has 0 aliphatic carbocycles. The van der Waals surface area contributed by atoms with E-state index in [0.717, 1.165) is 25.9 Å². The van der Waals surface area contributed by atoms with Crippen molar-refractivity contribution in [2.24, 2.45) is 11.1 Å². The Balaban J connectivity index is 2.69. The van der Waals surface area contributed by atoms with Crippen LogP contribution in [0.1, 0.15) is 40.0 Å². The second-order valence-corrected chi connectivity index (χ2v) is 5.01. The molecule has 0 aromatic heterocycles. The van der Waals surface area contributed by atoms with Crippen molar-refractivity contribution in [3.05, 3.63) is 0 Å². The normalized spacial score (nSPS) is 25.8. The zero-order valence-corrected chi connectivity index (χ0v) is 10.6. The number of hydrogen-bond acceptors (Lipinski definition) is 3. The monoisotopic (exact) mass is 228 g/mol. The van der Waals surface area contributed by atoms with Crippen LogP contribution in [0.4, 0.5) is 0 Å². The highest BCUT2D eigenvalue weighted by molar-refractivity contribution is 5.83. The Bertz CT molecular complexity index is 235. The maximum absolute atomic E-state index is 12.3. The average Bonchev–Trinajstić information content (AvgIpc) is 2.68. The van der Waals surface area contributed by atoms with E-state index in [2.05, 4.69) is 5.32 Å². The van der Waals surface area contributed by atoms with Gasteiger partial charge in [0.2, 0.25) is 5.91 Å². The van der Waals surface area contributed by atoms with Gasteiger partial charge in [0.15, 0.2) is 0 Å². The summed E-state index contributed by atoms with van der Waals surface area (Å²) in [6.45, 7) is 7.80. The van der Waals surface area contributed by atoms with Gasteiger partial charge >= 0.3 is 0 Å². The molecular formula is C12H24N2O2. The predicted octanol–water partition coefficient (Wildman–Crippen LogP) is 1.05. The molecule has 3 N–H and O–H groups in total. The summed E-state index contributed by atoms with van der Waals surface area (Å²) < 4.78 is 5.33. The molecule has 1 atom stereocenters. The molecule has 1 rings (SSSR count). The number of ether oxygens (including phenoxy) is 1. The highest BCUT2D eigenvalue weighted by Gasteiger charge is 2.39. The maximum atomic E-state index is 12.3. The lowest BCUT2D eigenvalue weighted by molar-refractivity contribution is -0.133. The number of carbonyl (C=O) groups excluding carboxylic acids is 1. The molecule has 0 spiro atoms. The van der Waals surface area contributed by atoms with Crippen LogP contribution in [0.15, 0.2) is 0 Å². The Morgan fingerprint density at radius 1 is 1.50 bits per heavy atom. The van der Waals surface area contributed by atoms with Gasteiger partial charge in [-0.15, -0.1) is 0 Å². The van der Waals surface area contributed by atoms with Crippen molar-refractivity contribution >= 4 is 5.91 Å². The molecule has 0 saturated carbocycles. The van der Waals surface area contributed by atoms with Crippen molar-refractivity contribution < 1.29 is 9.53 Å². The lowest BCUT2D eigenvalue weighted by Crippen LogP contribution is -2.54. The van der Waals surface area contributed by atoms with Crippen molar-refractivity contribution in [3.8, 4) is 0 Å². The summed E-state index contributed by atoms with van der Waals surface area (Å²) >= 11 is 0. The summed E-state index contributed by atoms with van der Waals surface area (Å²) in [4.78, 5) is 12.3. The van der Waals surface area contributed by atoms with Gasteiger partial charge in [-0.1, -0.05) is 13.8 Å². The third-order valence-corrected chi connectivity index (χ3v) is 3.86. The van der Waals surface area contributed by atoms with Crippen molar-refractivity contribution in [3.63, 3.8) is 0 Å².